The van der Waals surface area contributed by atoms with Gasteiger partial charge in [0.25, 0.3) is 0 Å². The van der Waals surface area contributed by atoms with Gasteiger partial charge in [0.15, 0.2) is 0 Å². The van der Waals surface area contributed by atoms with Crippen LogP contribution in [0.5, 0.6) is 0 Å². The number of hydrogen-bond donors (Lipinski definition) is 0. The fourth-order valence-corrected chi connectivity index (χ4v) is 4.07. The van der Waals surface area contributed by atoms with E-state index < -0.39 is 10.0 Å². The third-order valence-electron chi connectivity index (χ3n) is 3.14. The van der Waals surface area contributed by atoms with Crippen LogP contribution < -0.4 is 0 Å². The molecule has 1 aliphatic rings. The van der Waals surface area contributed by atoms with Crippen LogP contribution in [-0.2, 0) is 10.0 Å². The number of rotatable bonds is 3. The van der Waals surface area contributed by atoms with E-state index in [1.54, 1.807) is 16.6 Å². The molecule has 1 aliphatic heterocycles. The predicted octanol–water partition coefficient (Wildman–Crippen LogP) is 2.26. The second-order valence-corrected chi connectivity index (χ2v) is 7.12. The minimum absolute atomic E-state index is 0.267. The van der Waals surface area contributed by atoms with Gasteiger partial charge < -0.3 is 0 Å². The van der Waals surface area contributed by atoms with Gasteiger partial charge in [-0.05, 0) is 34.3 Å². The molecule has 1 saturated heterocycles. The molecule has 1 fully saturated rings. The summed E-state index contributed by atoms with van der Waals surface area (Å²) < 4.78 is 26.9. The molecule has 0 spiro atoms. The molecule has 0 N–H and O–H groups in total. The van der Waals surface area contributed by atoms with Crippen LogP contribution in [0.4, 0.5) is 0 Å². The van der Waals surface area contributed by atoms with Crippen LogP contribution in [0, 0.1) is 5.92 Å². The van der Waals surface area contributed by atoms with Crippen molar-refractivity contribution in [1.82, 2.24) is 9.29 Å². The molecule has 0 aliphatic carbocycles. The number of aromatic nitrogens is 1. The monoisotopic (exact) mass is 318 g/mol. The molecule has 2 heterocycles. The highest BCUT2D eigenvalue weighted by Crippen LogP contribution is 2.26. The van der Waals surface area contributed by atoms with E-state index in [4.69, 9.17) is 0 Å². The molecule has 2 rings (SSSR count). The highest BCUT2D eigenvalue weighted by Gasteiger charge is 2.31. The lowest BCUT2D eigenvalue weighted by molar-refractivity contribution is 0.452. The van der Waals surface area contributed by atoms with Gasteiger partial charge in [0, 0.05) is 30.0 Å². The van der Waals surface area contributed by atoms with Gasteiger partial charge in [-0.25, -0.2) is 8.42 Å². The van der Waals surface area contributed by atoms with E-state index in [0.717, 1.165) is 12.8 Å². The van der Waals surface area contributed by atoms with Gasteiger partial charge in [-0.15, -0.1) is 0 Å². The smallest absolute Gasteiger partial charge is 0.244 e. The Morgan fingerprint density at radius 2 is 2.29 bits per heavy atom. The molecular weight excluding hydrogens is 304 g/mol. The summed E-state index contributed by atoms with van der Waals surface area (Å²) in [5.41, 5.74) is 0. The van der Waals surface area contributed by atoms with Crippen molar-refractivity contribution in [2.75, 3.05) is 13.1 Å². The van der Waals surface area contributed by atoms with E-state index in [-0.39, 0.29) is 4.90 Å². The molecule has 4 nitrogen and oxygen atoms in total. The van der Waals surface area contributed by atoms with Crippen LogP contribution >= 0.6 is 15.9 Å². The van der Waals surface area contributed by atoms with E-state index in [0.29, 0.717) is 23.5 Å². The van der Waals surface area contributed by atoms with Crippen molar-refractivity contribution in [2.45, 2.75) is 24.7 Å². The van der Waals surface area contributed by atoms with Crippen LogP contribution in [0.2, 0.25) is 0 Å². The third-order valence-corrected chi connectivity index (χ3v) is 5.41. The Morgan fingerprint density at radius 3 is 2.88 bits per heavy atom. The fraction of sp³-hybridized carbons (Fsp3) is 0.545. The Bertz CT molecular complexity index is 504. The standard InChI is InChI=1S/C11H15BrN2O2S/c1-2-9-3-4-14(8-9)17(15,16)11-5-10(12)6-13-7-11/h5-7,9H,2-4,8H2,1H3. The van der Waals surface area contributed by atoms with Crippen LogP contribution in [0.25, 0.3) is 0 Å². The van der Waals surface area contributed by atoms with Gasteiger partial charge >= 0.3 is 0 Å². The predicted molar refractivity (Wildman–Crippen MR) is 69.1 cm³/mol. The summed E-state index contributed by atoms with van der Waals surface area (Å²) in [4.78, 5) is 4.18. The number of sulfonamides is 1. The van der Waals surface area contributed by atoms with E-state index in [1.807, 2.05) is 0 Å². The lowest BCUT2D eigenvalue weighted by Crippen LogP contribution is -2.28. The zero-order valence-corrected chi connectivity index (χ0v) is 12.0. The van der Waals surface area contributed by atoms with Crippen LogP contribution in [0.15, 0.2) is 27.8 Å². The van der Waals surface area contributed by atoms with Gasteiger partial charge in [0.2, 0.25) is 10.0 Å². The number of pyridine rings is 1. The summed E-state index contributed by atoms with van der Waals surface area (Å²) in [7, 11) is -3.36. The highest BCUT2D eigenvalue weighted by molar-refractivity contribution is 9.10. The molecule has 0 aromatic carbocycles. The quantitative estimate of drug-likeness (QED) is 0.859. The van der Waals surface area contributed by atoms with Gasteiger partial charge in [-0.2, -0.15) is 4.31 Å². The van der Waals surface area contributed by atoms with E-state index in [1.165, 1.54) is 6.20 Å². The van der Waals surface area contributed by atoms with E-state index >= 15 is 0 Å². The summed E-state index contributed by atoms with van der Waals surface area (Å²) in [5, 5.41) is 0. The maximum absolute atomic E-state index is 12.3. The molecule has 1 atom stereocenters. The fourth-order valence-electron chi connectivity index (χ4n) is 2.03. The van der Waals surface area contributed by atoms with Gasteiger partial charge in [-0.1, -0.05) is 13.3 Å². The van der Waals surface area contributed by atoms with Crippen LogP contribution in [0.1, 0.15) is 19.8 Å². The summed E-state index contributed by atoms with van der Waals surface area (Å²) in [6.07, 6.45) is 4.97. The average molecular weight is 319 g/mol. The first kappa shape index (κ1) is 13.0. The molecule has 0 radical (unpaired) electrons. The molecule has 0 amide bonds. The Balaban J connectivity index is 2.25. The summed E-state index contributed by atoms with van der Waals surface area (Å²) in [6, 6.07) is 1.60. The second kappa shape index (κ2) is 5.04. The average Bonchev–Trinajstić information content (AvgIpc) is 2.78. The van der Waals surface area contributed by atoms with Crippen molar-refractivity contribution < 1.29 is 8.42 Å². The van der Waals surface area contributed by atoms with Crippen molar-refractivity contribution in [3.63, 3.8) is 0 Å². The maximum atomic E-state index is 12.3. The number of hydrogen-bond acceptors (Lipinski definition) is 3. The van der Waals surface area contributed by atoms with Crippen molar-refractivity contribution in [3.8, 4) is 0 Å². The normalized spacial score (nSPS) is 21.9. The molecule has 94 valence electrons. The van der Waals surface area contributed by atoms with Crippen LogP contribution in [-0.4, -0.2) is 30.8 Å². The largest absolute Gasteiger partial charge is 0.262 e. The minimum atomic E-state index is -3.36. The molecule has 0 saturated carbocycles. The summed E-state index contributed by atoms with van der Waals surface area (Å²) in [6.45, 7) is 3.35. The lowest BCUT2D eigenvalue weighted by Gasteiger charge is -2.16. The molecule has 17 heavy (non-hydrogen) atoms. The van der Waals surface area contributed by atoms with Crippen molar-refractivity contribution in [1.29, 1.82) is 0 Å². The summed E-state index contributed by atoms with van der Waals surface area (Å²) >= 11 is 3.24. The highest BCUT2D eigenvalue weighted by atomic mass is 79.9. The minimum Gasteiger partial charge on any atom is -0.262 e. The zero-order valence-electron chi connectivity index (χ0n) is 9.63. The second-order valence-electron chi connectivity index (χ2n) is 4.26. The first-order valence-corrected chi connectivity index (χ1v) is 7.88. The molecular formula is C11H15BrN2O2S. The van der Waals surface area contributed by atoms with E-state index in [2.05, 4.69) is 27.8 Å². The first-order valence-electron chi connectivity index (χ1n) is 5.64. The van der Waals surface area contributed by atoms with Crippen molar-refractivity contribution >= 4 is 26.0 Å². The SMILES string of the molecule is CCC1CCN(S(=O)(=O)c2cncc(Br)c2)C1. The third kappa shape index (κ3) is 2.69. The molecule has 1 aromatic rings. The van der Waals surface area contributed by atoms with Crippen molar-refractivity contribution in [3.05, 3.63) is 22.9 Å². The van der Waals surface area contributed by atoms with E-state index in [9.17, 15) is 8.42 Å². The van der Waals surface area contributed by atoms with Gasteiger partial charge in [-0.3, -0.25) is 4.98 Å². The molecule has 0 bridgehead atoms. The maximum Gasteiger partial charge on any atom is 0.244 e. The van der Waals surface area contributed by atoms with Crippen molar-refractivity contribution in [2.24, 2.45) is 5.92 Å². The molecule has 1 aromatic heterocycles. The molecule has 1 unspecified atom stereocenters. The van der Waals surface area contributed by atoms with Gasteiger partial charge in [0.1, 0.15) is 4.90 Å². The zero-order chi connectivity index (χ0) is 12.5. The Hall–Kier alpha value is -0.460. The Morgan fingerprint density at radius 1 is 1.53 bits per heavy atom. The Kier molecular flexibility index (Phi) is 3.85. The van der Waals surface area contributed by atoms with Gasteiger partial charge in [0.05, 0.1) is 0 Å². The molecule has 6 heteroatoms. The van der Waals surface area contributed by atoms with Crippen LogP contribution in [0.3, 0.4) is 0 Å². The Labute approximate surface area is 110 Å². The summed E-state index contributed by atoms with van der Waals surface area (Å²) in [5.74, 6) is 0.491. The first-order chi connectivity index (χ1) is 8.04. The number of nitrogens with zero attached hydrogens (tertiary/aromatic N) is 2. The number of halogens is 1. The lowest BCUT2D eigenvalue weighted by atomic mass is 10.1. The topological polar surface area (TPSA) is 50.3 Å².